The minimum absolute atomic E-state index is 0.0210. The maximum atomic E-state index is 10.4. The van der Waals surface area contributed by atoms with Gasteiger partial charge in [0.15, 0.2) is 0 Å². The lowest BCUT2D eigenvalue weighted by atomic mass is 10.1. The van der Waals surface area contributed by atoms with Crippen molar-refractivity contribution in [1.82, 2.24) is 0 Å². The predicted octanol–water partition coefficient (Wildman–Crippen LogP) is 2.20. The van der Waals surface area contributed by atoms with Gasteiger partial charge in [-0.3, -0.25) is 10.1 Å². The molecule has 1 aromatic rings. The van der Waals surface area contributed by atoms with Crippen molar-refractivity contribution in [2.24, 2.45) is 0 Å². The molecule has 4 heteroatoms. The fourth-order valence-electron chi connectivity index (χ4n) is 1.00. The predicted molar refractivity (Wildman–Crippen MR) is 51.8 cm³/mol. The van der Waals surface area contributed by atoms with E-state index in [1.54, 1.807) is 24.3 Å². The second-order valence-electron chi connectivity index (χ2n) is 2.74. The lowest BCUT2D eigenvalue weighted by Crippen LogP contribution is -1.93. The van der Waals surface area contributed by atoms with Crippen LogP contribution in [0.5, 0.6) is 0 Å². The smallest absolute Gasteiger partial charge is 0.243 e. The average molecular weight is 188 g/mol. The Hall–Kier alpha value is -2.15. The lowest BCUT2D eigenvalue weighted by molar-refractivity contribution is -0.422. The van der Waals surface area contributed by atoms with Crippen molar-refractivity contribution in [1.29, 1.82) is 5.26 Å². The van der Waals surface area contributed by atoms with E-state index < -0.39 is 4.92 Å². The number of nitro groups is 1. The zero-order valence-electron chi connectivity index (χ0n) is 7.60. The number of hydrogen-bond donors (Lipinski definition) is 0. The normalized spacial score (nSPS) is 10.7. The van der Waals surface area contributed by atoms with E-state index >= 15 is 0 Å². The van der Waals surface area contributed by atoms with Gasteiger partial charge in [0.2, 0.25) is 5.70 Å². The molecule has 70 valence electrons. The molecular weight excluding hydrogens is 180 g/mol. The van der Waals surface area contributed by atoms with Gasteiger partial charge in [-0.25, -0.2) is 0 Å². The molecule has 0 heterocycles. The van der Waals surface area contributed by atoms with Crippen LogP contribution in [-0.2, 0) is 0 Å². The van der Waals surface area contributed by atoms with E-state index in [0.717, 1.165) is 0 Å². The number of benzene rings is 1. The van der Waals surface area contributed by atoms with Gasteiger partial charge in [-0.15, -0.1) is 0 Å². The van der Waals surface area contributed by atoms with Crippen LogP contribution >= 0.6 is 0 Å². The molecule has 0 unspecified atom stereocenters. The second kappa shape index (κ2) is 4.19. The molecule has 0 radical (unpaired) electrons. The summed E-state index contributed by atoms with van der Waals surface area (Å²) in [5.41, 5.74) is 1.03. The highest BCUT2D eigenvalue weighted by Gasteiger charge is 2.04. The van der Waals surface area contributed by atoms with Crippen molar-refractivity contribution in [3.63, 3.8) is 0 Å². The molecule has 14 heavy (non-hydrogen) atoms. The Morgan fingerprint density at radius 2 is 2.21 bits per heavy atom. The Kier molecular flexibility index (Phi) is 2.97. The van der Waals surface area contributed by atoms with Gasteiger partial charge in [-0.05, 0) is 11.6 Å². The van der Waals surface area contributed by atoms with Crippen molar-refractivity contribution >= 4 is 6.08 Å². The van der Waals surface area contributed by atoms with Crippen LogP contribution in [0.1, 0.15) is 18.1 Å². The van der Waals surface area contributed by atoms with Crippen LogP contribution in [-0.4, -0.2) is 4.92 Å². The molecule has 4 nitrogen and oxygen atoms in total. The molecule has 1 rings (SSSR count). The number of rotatable bonds is 2. The zero-order valence-corrected chi connectivity index (χ0v) is 7.60. The summed E-state index contributed by atoms with van der Waals surface area (Å²) in [5.74, 6) is 0. The summed E-state index contributed by atoms with van der Waals surface area (Å²) in [4.78, 5) is 9.88. The topological polar surface area (TPSA) is 66.9 Å². The van der Waals surface area contributed by atoms with E-state index in [4.69, 9.17) is 5.26 Å². The molecule has 0 saturated heterocycles. The van der Waals surface area contributed by atoms with Gasteiger partial charge in [-0.1, -0.05) is 18.2 Å². The standard InChI is InChI=1S/C10H8N2O2/c1-8(12(13)14)6-9-4-2-3-5-10(9)7-11/h2-6H,1H3/b8-6+. The first kappa shape index (κ1) is 9.93. The lowest BCUT2D eigenvalue weighted by Gasteiger charge is -1.95. The van der Waals surface area contributed by atoms with Gasteiger partial charge in [0, 0.05) is 13.0 Å². The van der Waals surface area contributed by atoms with Crippen molar-refractivity contribution < 1.29 is 4.92 Å². The maximum absolute atomic E-state index is 10.4. The number of hydrogen-bond acceptors (Lipinski definition) is 3. The summed E-state index contributed by atoms with van der Waals surface area (Å²) in [7, 11) is 0. The molecule has 0 aliphatic heterocycles. The SMILES string of the molecule is C/C(=C\c1ccccc1C#N)[N+](=O)[O-]. The summed E-state index contributed by atoms with van der Waals surface area (Å²) in [5, 5.41) is 19.1. The third-order valence-corrected chi connectivity index (χ3v) is 1.73. The highest BCUT2D eigenvalue weighted by Crippen LogP contribution is 2.11. The van der Waals surface area contributed by atoms with Crippen molar-refractivity contribution in [3.8, 4) is 6.07 Å². The van der Waals surface area contributed by atoms with Crippen LogP contribution in [0.25, 0.3) is 6.08 Å². The van der Waals surface area contributed by atoms with Gasteiger partial charge < -0.3 is 0 Å². The minimum atomic E-state index is -0.478. The van der Waals surface area contributed by atoms with E-state index in [1.807, 2.05) is 6.07 Å². The van der Waals surface area contributed by atoms with Crippen LogP contribution in [0, 0.1) is 21.4 Å². The third kappa shape index (κ3) is 2.17. The molecule has 0 bridgehead atoms. The number of allylic oxidation sites excluding steroid dienone is 1. The molecule has 0 amide bonds. The van der Waals surface area contributed by atoms with E-state index in [9.17, 15) is 10.1 Å². The Morgan fingerprint density at radius 1 is 1.57 bits per heavy atom. The largest absolute Gasteiger partial charge is 0.259 e. The summed E-state index contributed by atoms with van der Waals surface area (Å²) in [6, 6.07) is 8.72. The molecule has 0 aliphatic rings. The monoisotopic (exact) mass is 188 g/mol. The summed E-state index contributed by atoms with van der Waals surface area (Å²) >= 11 is 0. The zero-order chi connectivity index (χ0) is 10.6. The molecular formula is C10H8N2O2. The molecule has 0 N–H and O–H groups in total. The third-order valence-electron chi connectivity index (χ3n) is 1.73. The first-order valence-corrected chi connectivity index (χ1v) is 3.97. The molecule has 0 aliphatic carbocycles. The maximum Gasteiger partial charge on any atom is 0.243 e. The Bertz CT molecular complexity index is 430. The highest BCUT2D eigenvalue weighted by molar-refractivity contribution is 5.58. The molecule has 0 saturated carbocycles. The Labute approximate surface area is 81.2 Å². The Morgan fingerprint density at radius 3 is 2.79 bits per heavy atom. The fourth-order valence-corrected chi connectivity index (χ4v) is 1.00. The summed E-state index contributed by atoms with van der Waals surface area (Å²) in [6.07, 6.45) is 1.39. The highest BCUT2D eigenvalue weighted by atomic mass is 16.6. The minimum Gasteiger partial charge on any atom is -0.259 e. The van der Waals surface area contributed by atoms with E-state index in [2.05, 4.69) is 0 Å². The molecule has 0 fully saturated rings. The van der Waals surface area contributed by atoms with Gasteiger partial charge in [0.1, 0.15) is 0 Å². The number of nitriles is 1. The first-order chi connectivity index (χ1) is 6.65. The van der Waals surface area contributed by atoms with Crippen molar-refractivity contribution in [3.05, 3.63) is 51.2 Å². The Balaban J connectivity index is 3.15. The van der Waals surface area contributed by atoms with Gasteiger partial charge in [-0.2, -0.15) is 5.26 Å². The molecule has 1 aromatic carbocycles. The van der Waals surface area contributed by atoms with Crippen LogP contribution in [0.2, 0.25) is 0 Å². The van der Waals surface area contributed by atoms with Gasteiger partial charge in [0.25, 0.3) is 0 Å². The van der Waals surface area contributed by atoms with Gasteiger partial charge >= 0.3 is 0 Å². The van der Waals surface area contributed by atoms with E-state index in [1.165, 1.54) is 13.0 Å². The molecule has 0 spiro atoms. The van der Waals surface area contributed by atoms with Crippen LogP contribution in [0.3, 0.4) is 0 Å². The fraction of sp³-hybridized carbons (Fsp3) is 0.100. The summed E-state index contributed by atoms with van der Waals surface area (Å²) in [6.45, 7) is 1.40. The van der Waals surface area contributed by atoms with E-state index in [-0.39, 0.29) is 5.70 Å². The number of nitrogens with zero attached hydrogens (tertiary/aromatic N) is 2. The van der Waals surface area contributed by atoms with Crippen molar-refractivity contribution in [2.75, 3.05) is 0 Å². The average Bonchev–Trinajstić information content (AvgIpc) is 2.18. The summed E-state index contributed by atoms with van der Waals surface area (Å²) < 4.78 is 0. The van der Waals surface area contributed by atoms with Gasteiger partial charge in [0.05, 0.1) is 16.6 Å². The van der Waals surface area contributed by atoms with Crippen molar-refractivity contribution in [2.45, 2.75) is 6.92 Å². The molecule has 0 atom stereocenters. The quantitative estimate of drug-likeness (QED) is 0.527. The molecule has 0 aromatic heterocycles. The second-order valence-corrected chi connectivity index (χ2v) is 2.74. The van der Waals surface area contributed by atoms with Crippen LogP contribution in [0.15, 0.2) is 30.0 Å². The first-order valence-electron chi connectivity index (χ1n) is 3.97. The van der Waals surface area contributed by atoms with E-state index in [0.29, 0.717) is 11.1 Å². The van der Waals surface area contributed by atoms with Crippen LogP contribution < -0.4 is 0 Å². The van der Waals surface area contributed by atoms with Crippen LogP contribution in [0.4, 0.5) is 0 Å².